The topological polar surface area (TPSA) is 145 Å². The van der Waals surface area contributed by atoms with Gasteiger partial charge in [0.15, 0.2) is 5.96 Å². The Hall–Kier alpha value is -3.42. The number of rotatable bonds is 3. The molecule has 0 radical (unpaired) electrons. The van der Waals surface area contributed by atoms with Gasteiger partial charge < -0.3 is 22.5 Å². The number of hydrogen-bond acceptors (Lipinski definition) is 3. The lowest BCUT2D eigenvalue weighted by Gasteiger charge is -2.05. The number of carbonyl (C=O) groups is 1. The van der Waals surface area contributed by atoms with Crippen LogP contribution < -0.4 is 22.5 Å². The smallest absolute Gasteiger partial charge is 0.257 e. The predicted molar refractivity (Wildman–Crippen MR) is 85.7 cm³/mol. The Balaban J connectivity index is 2.15. The fourth-order valence-corrected chi connectivity index (χ4v) is 1.64. The van der Waals surface area contributed by atoms with Crippen molar-refractivity contribution in [3.8, 4) is 0 Å². The summed E-state index contributed by atoms with van der Waals surface area (Å²) in [6, 6.07) is 10.1. The molecule has 8 heteroatoms. The molecule has 0 unspecified atom stereocenters. The molecule has 1 aromatic carbocycles. The highest BCUT2D eigenvalue weighted by atomic mass is 16.1. The van der Waals surface area contributed by atoms with Crippen molar-refractivity contribution in [2.45, 2.75) is 0 Å². The van der Waals surface area contributed by atoms with Gasteiger partial charge in [-0.15, -0.1) is 0 Å². The summed E-state index contributed by atoms with van der Waals surface area (Å²) in [6.07, 6.45) is 3.08. The number of nitrogens with zero attached hydrogens (tertiary/aromatic N) is 3. The van der Waals surface area contributed by atoms with Gasteiger partial charge in [0.05, 0.1) is 11.3 Å². The molecule has 1 aromatic heterocycles. The van der Waals surface area contributed by atoms with Crippen LogP contribution in [0.25, 0.3) is 0 Å². The summed E-state index contributed by atoms with van der Waals surface area (Å²) in [4.78, 5) is 23.6. The zero-order valence-corrected chi connectivity index (χ0v) is 11.6. The zero-order chi connectivity index (χ0) is 15.9. The number of anilines is 1. The van der Waals surface area contributed by atoms with Crippen LogP contribution in [0.4, 0.5) is 11.4 Å². The molecule has 0 aliphatic carbocycles. The lowest BCUT2D eigenvalue weighted by Crippen LogP contribution is -2.26. The summed E-state index contributed by atoms with van der Waals surface area (Å²) in [6.45, 7) is 0. The first-order valence-corrected chi connectivity index (χ1v) is 6.30. The van der Waals surface area contributed by atoms with Gasteiger partial charge in [0, 0.05) is 18.1 Å². The molecule has 0 fully saturated rings. The molecule has 0 saturated heterocycles. The van der Waals surface area contributed by atoms with E-state index in [0.717, 1.165) is 0 Å². The second-order valence-corrected chi connectivity index (χ2v) is 4.25. The average Bonchev–Trinajstić information content (AvgIpc) is 2.47. The van der Waals surface area contributed by atoms with Crippen LogP contribution in [-0.2, 0) is 0 Å². The molecule has 1 heterocycles. The van der Waals surface area contributed by atoms with Crippen molar-refractivity contribution < 1.29 is 4.79 Å². The Labute approximate surface area is 126 Å². The summed E-state index contributed by atoms with van der Waals surface area (Å²) >= 11 is 0. The van der Waals surface area contributed by atoms with Crippen molar-refractivity contribution in [2.24, 2.45) is 27.2 Å². The molecule has 7 N–H and O–H groups in total. The number of aliphatic imine (C=N–C) groups is 2. The minimum Gasteiger partial charge on any atom is -0.370 e. The monoisotopic (exact) mass is 297 g/mol. The Bertz CT molecular complexity index is 721. The molecule has 0 bridgehead atoms. The third-order valence-electron chi connectivity index (χ3n) is 2.52. The van der Waals surface area contributed by atoms with Crippen LogP contribution >= 0.6 is 0 Å². The first-order valence-electron chi connectivity index (χ1n) is 6.30. The van der Waals surface area contributed by atoms with Crippen LogP contribution in [0, 0.1) is 0 Å². The molecule has 2 aromatic rings. The third-order valence-corrected chi connectivity index (χ3v) is 2.52. The fourth-order valence-electron chi connectivity index (χ4n) is 1.64. The minimum absolute atomic E-state index is 0.0734. The van der Waals surface area contributed by atoms with E-state index in [2.05, 4.69) is 20.3 Å². The highest BCUT2D eigenvalue weighted by molar-refractivity contribution is 6.04. The van der Waals surface area contributed by atoms with Crippen molar-refractivity contribution in [1.82, 2.24) is 4.98 Å². The second kappa shape index (κ2) is 6.84. The van der Waals surface area contributed by atoms with Crippen molar-refractivity contribution in [1.29, 1.82) is 0 Å². The van der Waals surface area contributed by atoms with Crippen molar-refractivity contribution >= 4 is 29.2 Å². The van der Waals surface area contributed by atoms with E-state index in [4.69, 9.17) is 17.2 Å². The van der Waals surface area contributed by atoms with Crippen LogP contribution in [-0.4, -0.2) is 22.8 Å². The zero-order valence-electron chi connectivity index (χ0n) is 11.6. The third kappa shape index (κ3) is 4.30. The number of benzene rings is 1. The van der Waals surface area contributed by atoms with Crippen molar-refractivity contribution in [3.63, 3.8) is 0 Å². The Morgan fingerprint density at radius 3 is 2.64 bits per heavy atom. The summed E-state index contributed by atoms with van der Waals surface area (Å²) in [5.41, 5.74) is 17.5. The number of guanidine groups is 2. The fraction of sp³-hybridized carbons (Fsp3) is 0. The summed E-state index contributed by atoms with van der Waals surface area (Å²) < 4.78 is 0. The standard InChI is InChI=1S/C14H15N7O/c15-13(16)21-14(17)20-11-5-1-4-10(7-11)19-12(22)9-3-2-6-18-8-9/h1-8H,(H,19,22)(H6,15,16,17,20,21). The van der Waals surface area contributed by atoms with Crippen LogP contribution in [0.15, 0.2) is 58.8 Å². The molecule has 1 amide bonds. The molecule has 112 valence electrons. The largest absolute Gasteiger partial charge is 0.370 e. The number of aromatic nitrogens is 1. The molecule has 0 aliphatic rings. The highest BCUT2D eigenvalue weighted by Crippen LogP contribution is 2.18. The molecule has 0 aliphatic heterocycles. The Morgan fingerprint density at radius 1 is 1.14 bits per heavy atom. The van der Waals surface area contributed by atoms with E-state index in [1.165, 1.54) is 6.20 Å². The molecule has 0 spiro atoms. The number of nitrogens with one attached hydrogen (secondary N) is 1. The van der Waals surface area contributed by atoms with E-state index in [1.807, 2.05) is 0 Å². The SMILES string of the molecule is NC(N)=NC(N)=Nc1cccc(NC(=O)c2cccnc2)c1. The first kappa shape index (κ1) is 15.0. The quantitative estimate of drug-likeness (QED) is 0.483. The summed E-state index contributed by atoms with van der Waals surface area (Å²) in [5.74, 6) is -0.524. The predicted octanol–water partition coefficient (Wildman–Crippen LogP) is 0.554. The highest BCUT2D eigenvalue weighted by Gasteiger charge is 2.06. The van der Waals surface area contributed by atoms with Crippen LogP contribution in [0.1, 0.15) is 10.4 Å². The maximum absolute atomic E-state index is 12.0. The van der Waals surface area contributed by atoms with Crippen LogP contribution in [0.5, 0.6) is 0 Å². The first-order chi connectivity index (χ1) is 10.5. The summed E-state index contributed by atoms with van der Waals surface area (Å²) in [7, 11) is 0. The van der Waals surface area contributed by atoms with Gasteiger partial charge in [-0.25, -0.2) is 4.99 Å². The number of hydrogen-bond donors (Lipinski definition) is 4. The number of nitrogens with two attached hydrogens (primary N) is 3. The molecule has 8 nitrogen and oxygen atoms in total. The lowest BCUT2D eigenvalue weighted by atomic mass is 10.2. The van der Waals surface area contributed by atoms with E-state index in [0.29, 0.717) is 16.9 Å². The van der Waals surface area contributed by atoms with Crippen molar-refractivity contribution in [3.05, 3.63) is 54.4 Å². The molecular weight excluding hydrogens is 282 g/mol. The minimum atomic E-state index is -0.272. The molecule has 0 saturated carbocycles. The van der Waals surface area contributed by atoms with Gasteiger partial charge in [-0.1, -0.05) is 6.07 Å². The Morgan fingerprint density at radius 2 is 1.95 bits per heavy atom. The summed E-state index contributed by atoms with van der Waals surface area (Å²) in [5, 5.41) is 2.74. The number of carbonyl (C=O) groups excluding carboxylic acids is 1. The lowest BCUT2D eigenvalue weighted by molar-refractivity contribution is 0.102. The number of pyridine rings is 1. The van der Waals surface area contributed by atoms with Gasteiger partial charge in [0.25, 0.3) is 5.91 Å². The van der Waals surface area contributed by atoms with E-state index in [9.17, 15) is 4.79 Å². The van der Waals surface area contributed by atoms with Gasteiger partial charge in [-0.05, 0) is 30.3 Å². The van der Waals surface area contributed by atoms with Gasteiger partial charge >= 0.3 is 0 Å². The van der Waals surface area contributed by atoms with Gasteiger partial charge in [-0.2, -0.15) is 4.99 Å². The van der Waals surface area contributed by atoms with Gasteiger partial charge in [0.2, 0.25) is 5.96 Å². The Kier molecular flexibility index (Phi) is 4.66. The molecule has 22 heavy (non-hydrogen) atoms. The van der Waals surface area contributed by atoms with E-state index in [-0.39, 0.29) is 17.8 Å². The van der Waals surface area contributed by atoms with E-state index < -0.39 is 0 Å². The molecular formula is C14H15N7O. The van der Waals surface area contributed by atoms with E-state index >= 15 is 0 Å². The number of amides is 1. The van der Waals surface area contributed by atoms with Gasteiger partial charge in [0.1, 0.15) is 0 Å². The average molecular weight is 297 g/mol. The van der Waals surface area contributed by atoms with Gasteiger partial charge in [-0.3, -0.25) is 9.78 Å². The second-order valence-electron chi connectivity index (χ2n) is 4.25. The maximum Gasteiger partial charge on any atom is 0.257 e. The van der Waals surface area contributed by atoms with Crippen LogP contribution in [0.2, 0.25) is 0 Å². The molecule has 2 rings (SSSR count). The van der Waals surface area contributed by atoms with E-state index in [1.54, 1.807) is 42.6 Å². The maximum atomic E-state index is 12.0. The molecule has 0 atom stereocenters. The van der Waals surface area contributed by atoms with Crippen LogP contribution in [0.3, 0.4) is 0 Å². The normalized spacial score (nSPS) is 10.8. The van der Waals surface area contributed by atoms with Crippen molar-refractivity contribution in [2.75, 3.05) is 5.32 Å².